The van der Waals surface area contributed by atoms with Gasteiger partial charge in [-0.2, -0.15) is 15.0 Å². The molecule has 0 amide bonds. The molecule has 0 saturated heterocycles. The summed E-state index contributed by atoms with van der Waals surface area (Å²) in [4.78, 5) is 12.6. The Hall–Kier alpha value is -2.87. The minimum Gasteiger partial charge on any atom is -0.494 e. The van der Waals surface area contributed by atoms with Gasteiger partial charge in [-0.05, 0) is 37.3 Å². The lowest BCUT2D eigenvalue weighted by atomic mass is 10.2. The molecule has 0 aliphatic rings. The normalized spacial score (nSPS) is 10.6. The predicted molar refractivity (Wildman–Crippen MR) is 107 cm³/mol. The van der Waals surface area contributed by atoms with Crippen molar-refractivity contribution in [2.75, 3.05) is 17.7 Å². The molecular formula is C19H20FN5OS. The molecule has 0 bridgehead atoms. The maximum atomic E-state index is 13.0. The summed E-state index contributed by atoms with van der Waals surface area (Å²) in [5, 5.41) is 3.01. The fraction of sp³-hybridized carbons (Fsp3) is 0.211. The lowest BCUT2D eigenvalue weighted by molar-refractivity contribution is 0.337. The number of hydrogen-bond acceptors (Lipinski definition) is 7. The second kappa shape index (κ2) is 9.18. The molecule has 0 radical (unpaired) electrons. The maximum absolute atomic E-state index is 13.0. The second-order valence-electron chi connectivity index (χ2n) is 5.60. The minimum absolute atomic E-state index is 0.139. The van der Waals surface area contributed by atoms with Crippen LogP contribution in [0.15, 0.2) is 48.5 Å². The van der Waals surface area contributed by atoms with E-state index in [1.54, 1.807) is 23.9 Å². The summed E-state index contributed by atoms with van der Waals surface area (Å²) in [7, 11) is 0. The van der Waals surface area contributed by atoms with Gasteiger partial charge in [-0.25, -0.2) is 4.39 Å². The Morgan fingerprint density at radius 2 is 1.81 bits per heavy atom. The van der Waals surface area contributed by atoms with Crippen LogP contribution in [-0.4, -0.2) is 21.6 Å². The number of thioether (sulfide) groups is 1. The van der Waals surface area contributed by atoms with Crippen LogP contribution >= 0.6 is 11.8 Å². The van der Waals surface area contributed by atoms with Crippen molar-refractivity contribution >= 4 is 29.3 Å². The zero-order valence-electron chi connectivity index (χ0n) is 14.9. The van der Waals surface area contributed by atoms with E-state index in [4.69, 9.17) is 10.5 Å². The molecule has 0 unspecified atom stereocenters. The van der Waals surface area contributed by atoms with Crippen LogP contribution in [0.2, 0.25) is 0 Å². The van der Waals surface area contributed by atoms with Gasteiger partial charge in [0.25, 0.3) is 0 Å². The summed E-state index contributed by atoms with van der Waals surface area (Å²) < 4.78 is 18.7. The van der Waals surface area contributed by atoms with Gasteiger partial charge < -0.3 is 15.8 Å². The first-order valence-corrected chi connectivity index (χ1v) is 9.61. The molecule has 0 fully saturated rings. The van der Waals surface area contributed by atoms with E-state index in [2.05, 4.69) is 20.3 Å². The third kappa shape index (κ3) is 5.55. The topological polar surface area (TPSA) is 86.0 Å². The van der Waals surface area contributed by atoms with E-state index in [1.807, 2.05) is 31.2 Å². The number of rotatable bonds is 8. The number of hydrogen-bond donors (Lipinski definition) is 2. The van der Waals surface area contributed by atoms with E-state index < -0.39 is 0 Å². The molecule has 3 N–H and O–H groups in total. The Morgan fingerprint density at radius 1 is 1.04 bits per heavy atom. The average molecular weight is 385 g/mol. The second-order valence-corrected chi connectivity index (χ2v) is 6.58. The molecular weight excluding hydrogens is 365 g/mol. The third-order valence-electron chi connectivity index (χ3n) is 3.56. The summed E-state index contributed by atoms with van der Waals surface area (Å²) >= 11 is 1.66. The van der Waals surface area contributed by atoms with Gasteiger partial charge in [0.15, 0.2) is 0 Å². The quantitative estimate of drug-likeness (QED) is 0.602. The number of nitrogens with two attached hydrogens (primary N) is 1. The van der Waals surface area contributed by atoms with Gasteiger partial charge in [-0.1, -0.05) is 18.2 Å². The monoisotopic (exact) mass is 385 g/mol. The van der Waals surface area contributed by atoms with Crippen molar-refractivity contribution in [2.24, 2.45) is 0 Å². The van der Waals surface area contributed by atoms with Crippen LogP contribution in [-0.2, 0) is 11.5 Å². The molecule has 1 aromatic heterocycles. The summed E-state index contributed by atoms with van der Waals surface area (Å²) in [6.07, 6.45) is 0. The van der Waals surface area contributed by atoms with Crippen LogP contribution in [0.3, 0.4) is 0 Å². The molecule has 1 heterocycles. The Balaban J connectivity index is 1.63. The standard InChI is InChI=1S/C19H20FN5OS/c1-2-26-16-6-4-3-5-13(16)11-27-12-17-23-18(21)25-19(24-17)22-15-9-7-14(20)8-10-15/h3-10H,2,11-12H2,1H3,(H3,21,22,23,24,25). The predicted octanol–water partition coefficient (Wildman–Crippen LogP) is 4.17. The number of aromatic nitrogens is 3. The van der Waals surface area contributed by atoms with Gasteiger partial charge in [-0.15, -0.1) is 11.8 Å². The molecule has 2 aromatic carbocycles. The van der Waals surface area contributed by atoms with E-state index in [0.29, 0.717) is 29.8 Å². The molecule has 3 aromatic rings. The lowest BCUT2D eigenvalue weighted by Crippen LogP contribution is -2.06. The van der Waals surface area contributed by atoms with E-state index in [0.717, 1.165) is 17.1 Å². The molecule has 27 heavy (non-hydrogen) atoms. The zero-order chi connectivity index (χ0) is 19.1. The number of nitrogens with zero attached hydrogens (tertiary/aromatic N) is 3. The largest absolute Gasteiger partial charge is 0.494 e. The van der Waals surface area contributed by atoms with Gasteiger partial charge in [0.05, 0.1) is 12.4 Å². The van der Waals surface area contributed by atoms with Crippen LogP contribution in [0.1, 0.15) is 18.3 Å². The molecule has 0 spiro atoms. The van der Waals surface area contributed by atoms with Crippen LogP contribution in [0.4, 0.5) is 22.0 Å². The highest BCUT2D eigenvalue weighted by atomic mass is 32.2. The van der Waals surface area contributed by atoms with Gasteiger partial charge in [0, 0.05) is 17.0 Å². The number of benzene rings is 2. The van der Waals surface area contributed by atoms with Gasteiger partial charge >= 0.3 is 0 Å². The first-order valence-electron chi connectivity index (χ1n) is 8.45. The van der Waals surface area contributed by atoms with Crippen molar-refractivity contribution < 1.29 is 9.13 Å². The first-order chi connectivity index (χ1) is 13.1. The average Bonchev–Trinajstić information content (AvgIpc) is 2.65. The summed E-state index contributed by atoms with van der Waals surface area (Å²) in [5.41, 5.74) is 7.59. The van der Waals surface area contributed by atoms with Crippen LogP contribution in [0.5, 0.6) is 5.75 Å². The smallest absolute Gasteiger partial charge is 0.232 e. The molecule has 0 saturated carbocycles. The van der Waals surface area contributed by atoms with Crippen molar-refractivity contribution in [3.8, 4) is 5.75 Å². The number of halogens is 1. The Labute approximate surface area is 161 Å². The highest BCUT2D eigenvalue weighted by Gasteiger charge is 2.07. The lowest BCUT2D eigenvalue weighted by Gasteiger charge is -2.10. The Kier molecular flexibility index (Phi) is 6.43. The van der Waals surface area contributed by atoms with E-state index in [1.165, 1.54) is 12.1 Å². The SMILES string of the molecule is CCOc1ccccc1CSCc1nc(N)nc(Nc2ccc(F)cc2)n1. The Bertz CT molecular complexity index is 892. The number of ether oxygens (including phenoxy) is 1. The van der Waals surface area contributed by atoms with E-state index >= 15 is 0 Å². The molecule has 0 aliphatic carbocycles. The molecule has 3 rings (SSSR count). The maximum Gasteiger partial charge on any atom is 0.232 e. The van der Waals surface area contributed by atoms with Crippen LogP contribution in [0.25, 0.3) is 0 Å². The van der Waals surface area contributed by atoms with Gasteiger partial charge in [0.2, 0.25) is 11.9 Å². The number of nitrogens with one attached hydrogen (secondary N) is 1. The summed E-state index contributed by atoms with van der Waals surface area (Å²) in [6.45, 7) is 2.59. The van der Waals surface area contributed by atoms with Crippen molar-refractivity contribution in [1.29, 1.82) is 0 Å². The van der Waals surface area contributed by atoms with E-state index in [9.17, 15) is 4.39 Å². The molecule has 0 aliphatic heterocycles. The van der Waals surface area contributed by atoms with Crippen molar-refractivity contribution in [3.63, 3.8) is 0 Å². The first kappa shape index (κ1) is 18.9. The van der Waals surface area contributed by atoms with E-state index in [-0.39, 0.29) is 11.8 Å². The molecule has 8 heteroatoms. The fourth-order valence-electron chi connectivity index (χ4n) is 2.39. The third-order valence-corrected chi connectivity index (χ3v) is 4.54. The molecule has 140 valence electrons. The Morgan fingerprint density at radius 3 is 2.59 bits per heavy atom. The van der Waals surface area contributed by atoms with Crippen molar-refractivity contribution in [3.05, 3.63) is 65.7 Å². The highest BCUT2D eigenvalue weighted by molar-refractivity contribution is 7.97. The highest BCUT2D eigenvalue weighted by Crippen LogP contribution is 2.25. The van der Waals surface area contributed by atoms with Crippen molar-refractivity contribution in [2.45, 2.75) is 18.4 Å². The number of para-hydroxylation sites is 1. The molecule has 6 nitrogen and oxygen atoms in total. The van der Waals surface area contributed by atoms with Gasteiger partial charge in [0.1, 0.15) is 17.4 Å². The zero-order valence-corrected chi connectivity index (χ0v) is 15.7. The van der Waals surface area contributed by atoms with Crippen LogP contribution < -0.4 is 15.8 Å². The summed E-state index contributed by atoms with van der Waals surface area (Å²) in [5.74, 6) is 2.97. The van der Waals surface area contributed by atoms with Crippen LogP contribution in [0, 0.1) is 5.82 Å². The minimum atomic E-state index is -0.305. The number of nitrogen functional groups attached to an aromatic ring is 1. The summed E-state index contributed by atoms with van der Waals surface area (Å²) in [6, 6.07) is 13.9. The fourth-order valence-corrected chi connectivity index (χ4v) is 3.26. The molecule has 0 atom stereocenters. The van der Waals surface area contributed by atoms with Crippen molar-refractivity contribution in [1.82, 2.24) is 15.0 Å². The van der Waals surface area contributed by atoms with Gasteiger partial charge in [-0.3, -0.25) is 0 Å². The number of anilines is 3.